The van der Waals surface area contributed by atoms with Crippen LogP contribution >= 0.6 is 0 Å². The molecule has 0 amide bonds. The zero-order chi connectivity index (χ0) is 24.5. The van der Waals surface area contributed by atoms with Gasteiger partial charge >= 0.3 is 0 Å². The third-order valence-corrected chi connectivity index (χ3v) is 6.30. The van der Waals surface area contributed by atoms with Crippen LogP contribution in [0.25, 0.3) is 50.4 Å². The third-order valence-electron chi connectivity index (χ3n) is 6.30. The van der Waals surface area contributed by atoms with E-state index in [1.165, 1.54) is 0 Å². The van der Waals surface area contributed by atoms with Crippen molar-refractivity contribution in [3.8, 4) is 22.8 Å². The van der Waals surface area contributed by atoms with E-state index in [0.717, 1.165) is 81.5 Å². The predicted molar refractivity (Wildman–Crippen MR) is 144 cm³/mol. The zero-order valence-corrected chi connectivity index (χ0v) is 20.0. The van der Waals surface area contributed by atoms with E-state index in [-0.39, 0.29) is 0 Å². The van der Waals surface area contributed by atoms with Gasteiger partial charge in [0.1, 0.15) is 5.52 Å². The molecule has 5 heterocycles. The Hall–Kier alpha value is -4.59. The van der Waals surface area contributed by atoms with Crippen molar-refractivity contribution in [3.63, 3.8) is 0 Å². The minimum absolute atomic E-state index is 0.651. The molecule has 178 valence electrons. The molecule has 0 saturated heterocycles. The number of pyridine rings is 3. The maximum Gasteiger partial charge on any atom is 0.161 e. The van der Waals surface area contributed by atoms with E-state index in [4.69, 9.17) is 9.97 Å². The Balaban J connectivity index is 1.36. The molecule has 0 unspecified atom stereocenters. The number of fused-ring (bicyclic) bond motifs is 2. The van der Waals surface area contributed by atoms with Crippen molar-refractivity contribution in [2.75, 3.05) is 5.32 Å². The van der Waals surface area contributed by atoms with Crippen LogP contribution in [0.1, 0.15) is 38.2 Å². The normalized spacial score (nSPS) is 13.0. The molecule has 1 aliphatic carbocycles. The second-order valence-electron chi connectivity index (χ2n) is 8.93. The van der Waals surface area contributed by atoms with Crippen LogP contribution in [0.4, 0.5) is 5.69 Å². The maximum absolute atomic E-state index is 4.94. The molecule has 5 aromatic heterocycles. The van der Waals surface area contributed by atoms with Gasteiger partial charge in [0, 0.05) is 29.2 Å². The average Bonchev–Trinajstić information content (AvgIpc) is 3.66. The number of imidazole rings is 1. The second-order valence-corrected chi connectivity index (χ2v) is 8.93. The van der Waals surface area contributed by atoms with Gasteiger partial charge in [0.05, 0.1) is 40.3 Å². The van der Waals surface area contributed by atoms with Gasteiger partial charge in [-0.05, 0) is 43.0 Å². The molecule has 3 N–H and O–H groups in total. The highest BCUT2D eigenvalue weighted by Gasteiger charge is 2.18. The van der Waals surface area contributed by atoms with Crippen molar-refractivity contribution in [2.24, 2.45) is 0 Å². The van der Waals surface area contributed by atoms with E-state index in [0.29, 0.717) is 11.5 Å². The number of aromatic amines is 2. The lowest BCUT2D eigenvalue weighted by molar-refractivity contribution is 0.791. The number of allylic oxidation sites excluding steroid dienone is 5. The van der Waals surface area contributed by atoms with E-state index < -0.39 is 0 Å². The summed E-state index contributed by atoms with van der Waals surface area (Å²) in [6.07, 6.45) is 17.8. The Morgan fingerprint density at radius 1 is 1.06 bits per heavy atom. The van der Waals surface area contributed by atoms with E-state index in [1.54, 1.807) is 12.4 Å². The molecule has 0 aromatic carbocycles. The zero-order valence-electron chi connectivity index (χ0n) is 20.0. The standard InChI is InChI=1S/C28H26N8/c1-3-4-7-17(2)31-20-12-19(13-29-14-20)22-10-11-23-26(32-22)27(36-35-23)28-33-24-16-30-15-21(25(24)34-28)18-8-5-6-9-18/h5,8-16,31H,2-4,6-7H2,1H3,(H,33,34)(H,35,36). The van der Waals surface area contributed by atoms with Crippen molar-refractivity contribution in [3.05, 3.63) is 79.1 Å². The van der Waals surface area contributed by atoms with Crippen LogP contribution in [-0.2, 0) is 0 Å². The van der Waals surface area contributed by atoms with Gasteiger partial charge < -0.3 is 10.3 Å². The van der Waals surface area contributed by atoms with E-state index >= 15 is 0 Å². The minimum Gasteiger partial charge on any atom is -0.358 e. The molecule has 5 aromatic rings. The number of hydrogen-bond donors (Lipinski definition) is 3. The fourth-order valence-electron chi connectivity index (χ4n) is 4.44. The monoisotopic (exact) mass is 474 g/mol. The van der Waals surface area contributed by atoms with Crippen LogP contribution in [0.15, 0.2) is 73.5 Å². The maximum atomic E-state index is 4.94. The van der Waals surface area contributed by atoms with Gasteiger partial charge in [-0.15, -0.1) is 0 Å². The molecule has 0 saturated carbocycles. The van der Waals surface area contributed by atoms with Crippen LogP contribution in [0.3, 0.4) is 0 Å². The Kier molecular flexibility index (Phi) is 5.61. The van der Waals surface area contributed by atoms with Crippen LogP contribution in [0.5, 0.6) is 0 Å². The van der Waals surface area contributed by atoms with Gasteiger partial charge in [-0.2, -0.15) is 5.10 Å². The van der Waals surface area contributed by atoms with Gasteiger partial charge in [0.2, 0.25) is 0 Å². The lowest BCUT2D eigenvalue weighted by atomic mass is 10.1. The lowest BCUT2D eigenvalue weighted by Gasteiger charge is -2.10. The summed E-state index contributed by atoms with van der Waals surface area (Å²) in [7, 11) is 0. The topological polar surface area (TPSA) is 108 Å². The van der Waals surface area contributed by atoms with Crippen LogP contribution in [0.2, 0.25) is 0 Å². The Bertz CT molecular complexity index is 1650. The highest BCUT2D eigenvalue weighted by Crippen LogP contribution is 2.31. The number of aromatic nitrogens is 7. The molecular formula is C28H26N8. The smallest absolute Gasteiger partial charge is 0.161 e. The average molecular weight is 475 g/mol. The number of H-pyrrole nitrogens is 2. The summed E-state index contributed by atoms with van der Waals surface area (Å²) >= 11 is 0. The number of rotatable bonds is 8. The number of anilines is 1. The molecule has 0 spiro atoms. The van der Waals surface area contributed by atoms with Gasteiger partial charge in [-0.3, -0.25) is 15.1 Å². The van der Waals surface area contributed by atoms with Crippen molar-refractivity contribution >= 4 is 33.3 Å². The number of nitrogens with one attached hydrogen (secondary N) is 3. The van der Waals surface area contributed by atoms with Crippen LogP contribution in [0, 0.1) is 0 Å². The minimum atomic E-state index is 0.651. The van der Waals surface area contributed by atoms with E-state index in [2.05, 4.69) is 62.2 Å². The van der Waals surface area contributed by atoms with Crippen molar-refractivity contribution < 1.29 is 0 Å². The Labute approximate surface area is 208 Å². The van der Waals surface area contributed by atoms with E-state index in [9.17, 15) is 0 Å². The fraction of sp³-hybridized carbons (Fsp3) is 0.179. The molecule has 36 heavy (non-hydrogen) atoms. The summed E-state index contributed by atoms with van der Waals surface area (Å²) in [5, 5.41) is 11.0. The summed E-state index contributed by atoms with van der Waals surface area (Å²) in [4.78, 5) is 22.0. The van der Waals surface area contributed by atoms with Crippen LogP contribution in [-0.4, -0.2) is 35.1 Å². The van der Waals surface area contributed by atoms with Gasteiger partial charge in [-0.25, -0.2) is 9.97 Å². The third kappa shape index (κ3) is 4.07. The summed E-state index contributed by atoms with van der Waals surface area (Å²) in [5.74, 6) is 0.651. The SMILES string of the molecule is C=C(CCCC)Nc1cncc(-c2ccc3[nH]nc(-c4nc5c(C6=CCC=C6)cncc5[nH]4)c3n2)c1. The Morgan fingerprint density at radius 3 is 2.83 bits per heavy atom. The molecular weight excluding hydrogens is 448 g/mol. The molecule has 0 atom stereocenters. The molecule has 1 aliphatic rings. The number of hydrogen-bond acceptors (Lipinski definition) is 6. The highest BCUT2D eigenvalue weighted by molar-refractivity contribution is 5.96. The molecule has 6 rings (SSSR count). The number of nitrogens with zero attached hydrogens (tertiary/aromatic N) is 5. The molecule has 0 aliphatic heterocycles. The highest BCUT2D eigenvalue weighted by atomic mass is 15.2. The fourth-order valence-corrected chi connectivity index (χ4v) is 4.44. The lowest BCUT2D eigenvalue weighted by Crippen LogP contribution is -1.99. The number of unbranched alkanes of at least 4 members (excludes halogenated alkanes) is 1. The molecule has 0 fully saturated rings. The predicted octanol–water partition coefficient (Wildman–Crippen LogP) is 6.42. The molecule has 8 nitrogen and oxygen atoms in total. The van der Waals surface area contributed by atoms with Gasteiger partial charge in [0.25, 0.3) is 0 Å². The van der Waals surface area contributed by atoms with E-state index in [1.807, 2.05) is 30.6 Å². The summed E-state index contributed by atoms with van der Waals surface area (Å²) < 4.78 is 0. The molecule has 0 bridgehead atoms. The van der Waals surface area contributed by atoms with Crippen LogP contribution < -0.4 is 5.32 Å². The van der Waals surface area contributed by atoms with Crippen molar-refractivity contribution in [1.82, 2.24) is 35.1 Å². The van der Waals surface area contributed by atoms with Crippen molar-refractivity contribution in [2.45, 2.75) is 32.6 Å². The summed E-state index contributed by atoms with van der Waals surface area (Å²) in [5.41, 5.74) is 9.72. The quantitative estimate of drug-likeness (QED) is 0.240. The summed E-state index contributed by atoms with van der Waals surface area (Å²) in [6.45, 7) is 6.30. The van der Waals surface area contributed by atoms with Gasteiger partial charge in [0.15, 0.2) is 11.5 Å². The summed E-state index contributed by atoms with van der Waals surface area (Å²) in [6, 6.07) is 5.99. The first kappa shape index (κ1) is 21.9. The van der Waals surface area contributed by atoms with Gasteiger partial charge in [-0.1, -0.05) is 38.2 Å². The molecule has 0 radical (unpaired) electrons. The second kappa shape index (κ2) is 9.22. The Morgan fingerprint density at radius 2 is 1.97 bits per heavy atom. The first-order valence-corrected chi connectivity index (χ1v) is 12.2. The van der Waals surface area contributed by atoms with Crippen molar-refractivity contribution in [1.29, 1.82) is 0 Å². The molecule has 8 heteroatoms. The largest absolute Gasteiger partial charge is 0.358 e. The first-order valence-electron chi connectivity index (χ1n) is 12.2. The first-order chi connectivity index (χ1) is 17.7.